The van der Waals surface area contributed by atoms with Gasteiger partial charge in [0, 0.05) is 15.4 Å². The molecule has 1 amide bonds. The molecule has 30 heavy (non-hydrogen) atoms. The summed E-state index contributed by atoms with van der Waals surface area (Å²) in [5.74, 6) is 0.352. The van der Waals surface area contributed by atoms with E-state index in [0.717, 1.165) is 31.3 Å². The van der Waals surface area contributed by atoms with Crippen LogP contribution in [0.25, 0.3) is 22.4 Å². The predicted octanol–water partition coefficient (Wildman–Crippen LogP) is 7.02. The molecule has 0 bridgehead atoms. The van der Waals surface area contributed by atoms with Crippen molar-refractivity contribution >= 4 is 54.2 Å². The average molecular weight is 544 g/mol. The van der Waals surface area contributed by atoms with Gasteiger partial charge in [-0.05, 0) is 51.3 Å². The maximum atomic E-state index is 12.3. The van der Waals surface area contributed by atoms with Crippen LogP contribution in [0, 0.1) is 0 Å². The van der Waals surface area contributed by atoms with Crippen molar-refractivity contribution in [1.29, 1.82) is 0 Å². The quantitative estimate of drug-likeness (QED) is 0.284. The molecule has 1 N–H and O–H groups in total. The van der Waals surface area contributed by atoms with Crippen LogP contribution in [-0.2, 0) is 4.79 Å². The number of benzene rings is 3. The van der Waals surface area contributed by atoms with Crippen LogP contribution < -0.4 is 10.1 Å². The van der Waals surface area contributed by atoms with Crippen LogP contribution in [0.15, 0.2) is 87.1 Å². The number of hydrogen-bond donors (Lipinski definition) is 1. The first-order valence-electron chi connectivity index (χ1n) is 9.07. The number of anilines is 1. The Kier molecular flexibility index (Phi) is 6.62. The minimum Gasteiger partial charge on any atom is -0.483 e. The minimum absolute atomic E-state index is 0.101. The molecule has 1 aromatic heterocycles. The van der Waals surface area contributed by atoms with Crippen LogP contribution in [0.5, 0.6) is 5.75 Å². The molecule has 0 spiro atoms. The molecule has 4 rings (SSSR count). The first kappa shape index (κ1) is 20.8. The lowest BCUT2D eigenvalue weighted by Crippen LogP contribution is -2.20. The van der Waals surface area contributed by atoms with Crippen molar-refractivity contribution in [3.8, 4) is 28.1 Å². The zero-order valence-electron chi connectivity index (χ0n) is 15.6. The van der Waals surface area contributed by atoms with Crippen LogP contribution in [-0.4, -0.2) is 17.5 Å². The third-order valence-electron chi connectivity index (χ3n) is 4.29. The van der Waals surface area contributed by atoms with Crippen LogP contribution in [0.2, 0.25) is 0 Å². The number of amides is 1. The number of nitrogens with one attached hydrogen (secondary N) is 1. The van der Waals surface area contributed by atoms with Gasteiger partial charge in [0.25, 0.3) is 5.91 Å². The average Bonchev–Trinajstić information content (AvgIpc) is 3.22. The summed E-state index contributed by atoms with van der Waals surface area (Å²) in [6.45, 7) is -0.101. The van der Waals surface area contributed by atoms with Gasteiger partial charge in [-0.3, -0.25) is 10.1 Å². The van der Waals surface area contributed by atoms with Gasteiger partial charge in [0.2, 0.25) is 0 Å². The van der Waals surface area contributed by atoms with Gasteiger partial charge in [-0.15, -0.1) is 11.3 Å². The summed E-state index contributed by atoms with van der Waals surface area (Å²) in [5, 5.41) is 5.25. The molecule has 0 aliphatic rings. The molecule has 0 saturated heterocycles. The zero-order valence-corrected chi connectivity index (χ0v) is 19.6. The molecular formula is C23H16Br2N2O2S. The Bertz CT molecular complexity index is 1160. The lowest BCUT2D eigenvalue weighted by molar-refractivity contribution is -0.118. The topological polar surface area (TPSA) is 51.2 Å². The number of aromatic nitrogens is 1. The third-order valence-corrected chi connectivity index (χ3v) is 6.19. The summed E-state index contributed by atoms with van der Waals surface area (Å²) < 4.78 is 7.48. The van der Waals surface area contributed by atoms with E-state index < -0.39 is 0 Å². The number of halogens is 2. The van der Waals surface area contributed by atoms with Gasteiger partial charge >= 0.3 is 0 Å². The molecule has 0 unspecified atom stereocenters. The minimum atomic E-state index is -0.259. The number of thiazole rings is 1. The molecule has 0 atom stereocenters. The Morgan fingerprint density at radius 1 is 0.933 bits per heavy atom. The Morgan fingerprint density at radius 3 is 2.40 bits per heavy atom. The van der Waals surface area contributed by atoms with E-state index in [1.807, 2.05) is 78.2 Å². The predicted molar refractivity (Wildman–Crippen MR) is 129 cm³/mol. The van der Waals surface area contributed by atoms with Crippen molar-refractivity contribution < 1.29 is 9.53 Å². The van der Waals surface area contributed by atoms with E-state index in [9.17, 15) is 4.79 Å². The van der Waals surface area contributed by atoms with Crippen molar-refractivity contribution in [1.82, 2.24) is 4.98 Å². The molecule has 4 aromatic rings. The van der Waals surface area contributed by atoms with Crippen LogP contribution in [0.4, 0.5) is 5.13 Å². The monoisotopic (exact) mass is 542 g/mol. The van der Waals surface area contributed by atoms with Crippen LogP contribution in [0.1, 0.15) is 0 Å². The van der Waals surface area contributed by atoms with E-state index in [4.69, 9.17) is 4.74 Å². The number of nitrogens with zero attached hydrogens (tertiary/aromatic N) is 1. The molecule has 1 heterocycles. The maximum Gasteiger partial charge on any atom is 0.264 e. The summed E-state index contributed by atoms with van der Waals surface area (Å²) in [5.41, 5.74) is 4.01. The summed E-state index contributed by atoms with van der Waals surface area (Å²) in [6, 6.07) is 23.8. The molecule has 0 fully saturated rings. The summed E-state index contributed by atoms with van der Waals surface area (Å²) in [6.07, 6.45) is 0. The Balaban J connectivity index is 1.35. The highest BCUT2D eigenvalue weighted by atomic mass is 79.9. The summed E-state index contributed by atoms with van der Waals surface area (Å²) in [4.78, 5) is 16.8. The molecule has 3 aromatic carbocycles. The van der Waals surface area contributed by atoms with Gasteiger partial charge < -0.3 is 4.74 Å². The maximum absolute atomic E-state index is 12.3. The highest BCUT2D eigenvalue weighted by Gasteiger charge is 2.11. The second-order valence-corrected chi connectivity index (χ2v) is 9.02. The Morgan fingerprint density at radius 2 is 1.67 bits per heavy atom. The van der Waals surface area contributed by atoms with Gasteiger partial charge in [-0.1, -0.05) is 64.5 Å². The third kappa shape index (κ3) is 5.16. The van der Waals surface area contributed by atoms with Crippen LogP contribution in [0.3, 0.4) is 0 Å². The number of rotatable bonds is 6. The molecule has 150 valence electrons. The van der Waals surface area contributed by atoms with Gasteiger partial charge in [0.15, 0.2) is 11.7 Å². The van der Waals surface area contributed by atoms with Crippen molar-refractivity contribution in [3.63, 3.8) is 0 Å². The van der Waals surface area contributed by atoms with Gasteiger partial charge in [-0.25, -0.2) is 4.98 Å². The van der Waals surface area contributed by atoms with E-state index in [1.165, 1.54) is 11.3 Å². The van der Waals surface area contributed by atoms with E-state index in [0.29, 0.717) is 10.9 Å². The fourth-order valence-electron chi connectivity index (χ4n) is 2.81. The van der Waals surface area contributed by atoms with Crippen molar-refractivity contribution in [2.75, 3.05) is 11.9 Å². The van der Waals surface area contributed by atoms with Gasteiger partial charge in [0.05, 0.1) is 10.2 Å². The molecule has 0 saturated carbocycles. The van der Waals surface area contributed by atoms with Crippen molar-refractivity contribution in [3.05, 3.63) is 87.1 Å². The molecular weight excluding hydrogens is 528 g/mol. The van der Waals surface area contributed by atoms with Crippen LogP contribution >= 0.6 is 43.2 Å². The van der Waals surface area contributed by atoms with Gasteiger partial charge in [0.1, 0.15) is 5.75 Å². The highest BCUT2D eigenvalue weighted by Crippen LogP contribution is 2.31. The first-order chi connectivity index (χ1) is 14.6. The lowest BCUT2D eigenvalue weighted by atomic mass is 10.1. The largest absolute Gasteiger partial charge is 0.483 e. The molecule has 0 radical (unpaired) electrons. The highest BCUT2D eigenvalue weighted by molar-refractivity contribution is 9.10. The fraction of sp³-hybridized carbons (Fsp3) is 0.0435. The van der Waals surface area contributed by atoms with Gasteiger partial charge in [-0.2, -0.15) is 0 Å². The Labute approximate surface area is 195 Å². The fourth-order valence-corrected chi connectivity index (χ4v) is 4.30. The number of ether oxygens (including phenoxy) is 1. The normalized spacial score (nSPS) is 10.6. The molecule has 7 heteroatoms. The van der Waals surface area contributed by atoms with E-state index in [2.05, 4.69) is 42.2 Å². The number of hydrogen-bond acceptors (Lipinski definition) is 4. The zero-order chi connectivity index (χ0) is 20.9. The Hall–Kier alpha value is -2.48. The standard InChI is InChI=1S/C23H16Br2N2O2S/c24-18-9-6-16(7-10-18)20-14-30-23(26-20)27-22(28)13-29-21-11-8-17(12-19(21)25)15-4-2-1-3-5-15/h1-12,14H,13H2,(H,26,27,28). The molecule has 0 aliphatic heterocycles. The van der Waals surface area contributed by atoms with E-state index >= 15 is 0 Å². The first-order valence-corrected chi connectivity index (χ1v) is 11.5. The van der Waals surface area contributed by atoms with Crippen molar-refractivity contribution in [2.24, 2.45) is 0 Å². The van der Waals surface area contributed by atoms with E-state index in [-0.39, 0.29) is 12.5 Å². The molecule has 0 aliphatic carbocycles. The van der Waals surface area contributed by atoms with Crippen molar-refractivity contribution in [2.45, 2.75) is 0 Å². The second-order valence-electron chi connectivity index (χ2n) is 6.39. The SMILES string of the molecule is O=C(COc1ccc(-c2ccccc2)cc1Br)Nc1nc(-c2ccc(Br)cc2)cs1. The summed E-state index contributed by atoms with van der Waals surface area (Å²) >= 11 is 8.33. The molecule has 4 nitrogen and oxygen atoms in total. The number of carbonyl (C=O) groups excluding carboxylic acids is 1. The van der Waals surface area contributed by atoms with E-state index in [1.54, 1.807) is 0 Å². The summed E-state index contributed by atoms with van der Waals surface area (Å²) in [7, 11) is 0. The lowest BCUT2D eigenvalue weighted by Gasteiger charge is -2.10. The smallest absolute Gasteiger partial charge is 0.264 e. The second kappa shape index (κ2) is 9.55. The number of carbonyl (C=O) groups is 1.